The number of rotatable bonds is 8. The second-order valence-corrected chi connectivity index (χ2v) is 6.69. The van der Waals surface area contributed by atoms with Crippen LogP contribution in [0, 0.1) is 0 Å². The number of halogens is 1. The van der Waals surface area contributed by atoms with Crippen molar-refractivity contribution in [2.45, 2.75) is 44.6 Å². The summed E-state index contributed by atoms with van der Waals surface area (Å²) in [5.74, 6) is 0.472. The van der Waals surface area contributed by atoms with E-state index in [2.05, 4.69) is 4.72 Å². The van der Waals surface area contributed by atoms with Crippen LogP contribution in [0.15, 0.2) is 0 Å². The molecule has 0 heterocycles. The van der Waals surface area contributed by atoms with E-state index >= 15 is 0 Å². The molecule has 4 nitrogen and oxygen atoms in total. The predicted octanol–water partition coefficient (Wildman–Crippen LogP) is 1.88. The van der Waals surface area contributed by atoms with Gasteiger partial charge in [-0.05, 0) is 19.3 Å². The van der Waals surface area contributed by atoms with Crippen molar-refractivity contribution >= 4 is 21.6 Å². The Morgan fingerprint density at radius 3 is 2.59 bits per heavy atom. The summed E-state index contributed by atoms with van der Waals surface area (Å²) in [6.07, 6.45) is 6.79. The topological polar surface area (TPSA) is 55.4 Å². The summed E-state index contributed by atoms with van der Waals surface area (Å²) < 4.78 is 31.0. The zero-order chi connectivity index (χ0) is 12.6. The van der Waals surface area contributed by atoms with Gasteiger partial charge in [0.15, 0.2) is 0 Å². The van der Waals surface area contributed by atoms with E-state index in [-0.39, 0.29) is 5.75 Å². The maximum absolute atomic E-state index is 11.4. The van der Waals surface area contributed by atoms with E-state index in [1.807, 2.05) is 0 Å². The molecule has 1 fully saturated rings. The van der Waals surface area contributed by atoms with E-state index < -0.39 is 10.0 Å². The highest BCUT2D eigenvalue weighted by atomic mass is 35.5. The highest BCUT2D eigenvalue weighted by Crippen LogP contribution is 2.19. The first-order valence-corrected chi connectivity index (χ1v) is 8.47. The van der Waals surface area contributed by atoms with Crippen molar-refractivity contribution < 1.29 is 13.2 Å². The second kappa shape index (κ2) is 8.29. The summed E-state index contributed by atoms with van der Waals surface area (Å²) >= 11 is 5.45. The van der Waals surface area contributed by atoms with Gasteiger partial charge in [0.25, 0.3) is 0 Å². The Kier molecular flexibility index (Phi) is 7.43. The Balaban J connectivity index is 2.06. The zero-order valence-corrected chi connectivity index (χ0v) is 11.7. The maximum Gasteiger partial charge on any atom is 0.211 e. The van der Waals surface area contributed by atoms with Crippen molar-refractivity contribution in [2.24, 2.45) is 0 Å². The average molecular weight is 284 g/mol. The monoisotopic (exact) mass is 283 g/mol. The third kappa shape index (κ3) is 7.24. The third-order valence-electron chi connectivity index (χ3n) is 2.88. The van der Waals surface area contributed by atoms with Gasteiger partial charge in [-0.2, -0.15) is 0 Å². The van der Waals surface area contributed by atoms with E-state index in [4.69, 9.17) is 16.3 Å². The van der Waals surface area contributed by atoms with E-state index in [1.54, 1.807) is 0 Å². The second-order valence-electron chi connectivity index (χ2n) is 4.39. The fraction of sp³-hybridized carbons (Fsp3) is 1.00. The van der Waals surface area contributed by atoms with Gasteiger partial charge in [0.1, 0.15) is 0 Å². The molecule has 1 aliphatic rings. The van der Waals surface area contributed by atoms with Crippen molar-refractivity contribution in [3.05, 3.63) is 0 Å². The summed E-state index contributed by atoms with van der Waals surface area (Å²) in [5.41, 5.74) is 0. The van der Waals surface area contributed by atoms with E-state index in [1.165, 1.54) is 19.3 Å². The molecular formula is C11H22ClNO3S. The van der Waals surface area contributed by atoms with Gasteiger partial charge in [0, 0.05) is 12.4 Å². The van der Waals surface area contributed by atoms with Crippen molar-refractivity contribution in [2.75, 3.05) is 24.8 Å². The van der Waals surface area contributed by atoms with Crippen LogP contribution >= 0.6 is 11.6 Å². The first kappa shape index (κ1) is 15.2. The highest BCUT2D eigenvalue weighted by Gasteiger charge is 2.14. The molecule has 0 aromatic heterocycles. The molecule has 1 saturated carbocycles. The van der Waals surface area contributed by atoms with Crippen LogP contribution in [-0.2, 0) is 14.8 Å². The largest absolute Gasteiger partial charge is 0.377 e. The maximum atomic E-state index is 11.4. The molecule has 1 N–H and O–H groups in total. The molecule has 1 rings (SSSR count). The van der Waals surface area contributed by atoms with Crippen LogP contribution in [0.5, 0.6) is 0 Å². The third-order valence-corrected chi connectivity index (χ3v) is 4.61. The van der Waals surface area contributed by atoms with Crippen LogP contribution in [-0.4, -0.2) is 39.3 Å². The Labute approximate surface area is 109 Å². The van der Waals surface area contributed by atoms with Crippen molar-refractivity contribution in [1.82, 2.24) is 4.72 Å². The lowest BCUT2D eigenvalue weighted by atomic mass is 9.98. The molecule has 0 amide bonds. The van der Waals surface area contributed by atoms with E-state index in [0.717, 1.165) is 12.8 Å². The van der Waals surface area contributed by atoms with E-state index in [0.29, 0.717) is 31.6 Å². The molecule has 0 radical (unpaired) electrons. The number of sulfonamides is 1. The van der Waals surface area contributed by atoms with Gasteiger partial charge in [-0.15, -0.1) is 11.6 Å². The molecular weight excluding hydrogens is 262 g/mol. The molecule has 0 aromatic rings. The van der Waals surface area contributed by atoms with Crippen molar-refractivity contribution in [3.63, 3.8) is 0 Å². The molecule has 0 bridgehead atoms. The summed E-state index contributed by atoms with van der Waals surface area (Å²) in [7, 11) is -3.16. The standard InChI is InChI=1S/C11H22ClNO3S/c12-7-4-10-17(14,15)13-8-9-16-11-5-2-1-3-6-11/h11,13H,1-10H2. The highest BCUT2D eigenvalue weighted by molar-refractivity contribution is 7.89. The smallest absolute Gasteiger partial charge is 0.211 e. The lowest BCUT2D eigenvalue weighted by Gasteiger charge is -2.21. The quantitative estimate of drug-likeness (QED) is 0.547. The molecule has 0 spiro atoms. The number of nitrogens with one attached hydrogen (secondary N) is 1. The van der Waals surface area contributed by atoms with Crippen molar-refractivity contribution in [1.29, 1.82) is 0 Å². The van der Waals surface area contributed by atoms with Gasteiger partial charge in [-0.3, -0.25) is 0 Å². The fourth-order valence-corrected chi connectivity index (χ4v) is 3.33. The van der Waals surface area contributed by atoms with Crippen molar-refractivity contribution in [3.8, 4) is 0 Å². The van der Waals surface area contributed by atoms with Gasteiger partial charge >= 0.3 is 0 Å². The summed E-state index contributed by atoms with van der Waals surface area (Å²) in [6, 6.07) is 0. The molecule has 0 unspecified atom stereocenters. The predicted molar refractivity (Wildman–Crippen MR) is 70.0 cm³/mol. The minimum Gasteiger partial charge on any atom is -0.377 e. The van der Waals surface area contributed by atoms with Gasteiger partial charge in [0.2, 0.25) is 10.0 Å². The Morgan fingerprint density at radius 1 is 1.24 bits per heavy atom. The molecule has 0 aliphatic heterocycles. The molecule has 0 saturated heterocycles. The molecule has 6 heteroatoms. The lowest BCUT2D eigenvalue weighted by Crippen LogP contribution is -2.31. The minimum absolute atomic E-state index is 0.0972. The number of alkyl halides is 1. The SMILES string of the molecule is O=S(=O)(CCCCl)NCCOC1CCCCC1. The zero-order valence-electron chi connectivity index (χ0n) is 10.2. The summed E-state index contributed by atoms with van der Waals surface area (Å²) in [4.78, 5) is 0. The van der Waals surface area contributed by atoms with Gasteiger partial charge < -0.3 is 4.74 Å². The molecule has 1 aliphatic carbocycles. The molecule has 0 atom stereocenters. The van der Waals surface area contributed by atoms with Crippen LogP contribution in [0.25, 0.3) is 0 Å². The van der Waals surface area contributed by atoms with Gasteiger partial charge in [-0.25, -0.2) is 13.1 Å². The van der Waals surface area contributed by atoms with Crippen LogP contribution in [0.3, 0.4) is 0 Å². The van der Waals surface area contributed by atoms with Crippen LogP contribution in [0.4, 0.5) is 0 Å². The first-order chi connectivity index (χ1) is 8.14. The number of hydrogen-bond donors (Lipinski definition) is 1. The summed E-state index contributed by atoms with van der Waals surface area (Å²) in [6.45, 7) is 0.825. The molecule has 17 heavy (non-hydrogen) atoms. The van der Waals surface area contributed by atoms with Crippen LogP contribution in [0.1, 0.15) is 38.5 Å². The summed E-state index contributed by atoms with van der Waals surface area (Å²) in [5, 5.41) is 0. The number of hydrogen-bond acceptors (Lipinski definition) is 3. The minimum atomic E-state index is -3.16. The normalized spacial score (nSPS) is 18.4. The first-order valence-electron chi connectivity index (χ1n) is 6.29. The Morgan fingerprint density at radius 2 is 1.94 bits per heavy atom. The Bertz CT molecular complexity index is 289. The number of ether oxygens (including phenoxy) is 1. The molecule has 0 aromatic carbocycles. The molecule has 102 valence electrons. The average Bonchev–Trinajstić information content (AvgIpc) is 2.34. The fourth-order valence-electron chi connectivity index (χ4n) is 1.97. The van der Waals surface area contributed by atoms with Gasteiger partial charge in [-0.1, -0.05) is 19.3 Å². The van der Waals surface area contributed by atoms with Crippen LogP contribution in [0.2, 0.25) is 0 Å². The Hall–Kier alpha value is 0.160. The lowest BCUT2D eigenvalue weighted by molar-refractivity contribution is 0.0321. The van der Waals surface area contributed by atoms with Gasteiger partial charge in [0.05, 0.1) is 18.5 Å². The van der Waals surface area contributed by atoms with Crippen LogP contribution < -0.4 is 4.72 Å². The van der Waals surface area contributed by atoms with E-state index in [9.17, 15) is 8.42 Å².